The van der Waals surface area contributed by atoms with Crippen LogP contribution in [0.5, 0.6) is 11.5 Å². The van der Waals surface area contributed by atoms with Crippen LogP contribution in [-0.4, -0.2) is 23.9 Å². The Labute approximate surface area is 170 Å². The van der Waals surface area contributed by atoms with E-state index in [1.54, 1.807) is 0 Å². The maximum atomic E-state index is 7.99. The van der Waals surface area contributed by atoms with Crippen LogP contribution in [0, 0.1) is 5.41 Å². The molecule has 0 atom stereocenters. The zero-order valence-corrected chi connectivity index (χ0v) is 16.3. The van der Waals surface area contributed by atoms with Crippen molar-refractivity contribution in [1.82, 2.24) is 4.98 Å². The van der Waals surface area contributed by atoms with Crippen LogP contribution in [0.1, 0.15) is 24.8 Å². The molecule has 1 aromatic heterocycles. The monoisotopic (exact) mass is 387 g/mol. The molecular weight excluding hydrogens is 362 g/mol. The average Bonchev–Trinajstić information content (AvgIpc) is 2.75. The van der Waals surface area contributed by atoms with Crippen molar-refractivity contribution in [3.05, 3.63) is 66.2 Å². The molecule has 2 heterocycles. The zero-order chi connectivity index (χ0) is 20.2. The number of piperidine rings is 1. The fourth-order valence-corrected chi connectivity index (χ4v) is 3.67. The average molecular weight is 387 g/mol. The molecule has 0 aliphatic carbocycles. The molecule has 0 saturated carbocycles. The molecule has 4 rings (SSSR count). The largest absolute Gasteiger partial charge is 0.457 e. The molecule has 6 nitrogen and oxygen atoms in total. The third-order valence-electron chi connectivity index (χ3n) is 5.13. The van der Waals surface area contributed by atoms with Gasteiger partial charge in [0.15, 0.2) is 0 Å². The Morgan fingerprint density at radius 2 is 1.59 bits per heavy atom. The van der Waals surface area contributed by atoms with Crippen LogP contribution in [0.4, 0.5) is 11.6 Å². The molecule has 1 fully saturated rings. The summed E-state index contributed by atoms with van der Waals surface area (Å²) in [5.41, 5.74) is 14.3. The number of nitrogens with one attached hydrogen (secondary N) is 1. The highest BCUT2D eigenvalue weighted by atomic mass is 16.5. The van der Waals surface area contributed by atoms with E-state index in [2.05, 4.69) is 9.88 Å². The number of para-hydroxylation sites is 1. The highest BCUT2D eigenvalue weighted by Crippen LogP contribution is 2.33. The molecule has 5 N–H and O–H groups in total. The molecule has 0 amide bonds. The molecular formula is C23H25N5O. The summed E-state index contributed by atoms with van der Waals surface area (Å²) >= 11 is 0. The standard InChI is InChI=1S/C23H25N5O/c24-22(25)21-19(15-20(27-23(21)26)28-13-5-2-6-14-28)16-9-11-18(12-10-16)29-17-7-3-1-4-8-17/h1,3-4,7-12,15H,2,5-6,13-14H2,(H3,24,25)(H2,26,27). The van der Waals surface area contributed by atoms with Crippen molar-refractivity contribution in [1.29, 1.82) is 5.41 Å². The van der Waals surface area contributed by atoms with Crippen LogP contribution < -0.4 is 21.1 Å². The van der Waals surface area contributed by atoms with E-state index in [4.69, 9.17) is 21.6 Å². The Bertz CT molecular complexity index is 996. The SMILES string of the molecule is N=C(N)c1c(-c2ccc(Oc3ccccc3)cc2)cc(N2CCCCC2)nc1N. The molecule has 0 bridgehead atoms. The lowest BCUT2D eigenvalue weighted by molar-refractivity contribution is 0.483. The summed E-state index contributed by atoms with van der Waals surface area (Å²) in [6.45, 7) is 1.93. The first-order valence-corrected chi connectivity index (χ1v) is 9.85. The fourth-order valence-electron chi connectivity index (χ4n) is 3.67. The number of nitrogens with two attached hydrogens (primary N) is 2. The van der Waals surface area contributed by atoms with Crippen molar-refractivity contribution in [2.24, 2.45) is 5.73 Å². The van der Waals surface area contributed by atoms with E-state index in [9.17, 15) is 0 Å². The van der Waals surface area contributed by atoms with Crippen LogP contribution >= 0.6 is 0 Å². The number of benzene rings is 2. The fraction of sp³-hybridized carbons (Fsp3) is 0.217. The van der Waals surface area contributed by atoms with E-state index in [-0.39, 0.29) is 5.84 Å². The normalized spacial score (nSPS) is 13.9. The number of ether oxygens (including phenoxy) is 1. The van der Waals surface area contributed by atoms with Gasteiger partial charge in [0.2, 0.25) is 0 Å². The molecule has 3 aromatic rings. The van der Waals surface area contributed by atoms with Gasteiger partial charge in [-0.15, -0.1) is 0 Å². The van der Waals surface area contributed by atoms with Gasteiger partial charge >= 0.3 is 0 Å². The lowest BCUT2D eigenvalue weighted by Crippen LogP contribution is -2.30. The summed E-state index contributed by atoms with van der Waals surface area (Å²) in [6.07, 6.45) is 3.54. The van der Waals surface area contributed by atoms with Crippen molar-refractivity contribution < 1.29 is 4.74 Å². The van der Waals surface area contributed by atoms with E-state index in [1.165, 1.54) is 6.42 Å². The molecule has 0 spiro atoms. The summed E-state index contributed by atoms with van der Waals surface area (Å²) < 4.78 is 5.88. The first kappa shape index (κ1) is 18.8. The summed E-state index contributed by atoms with van der Waals surface area (Å²) in [7, 11) is 0. The summed E-state index contributed by atoms with van der Waals surface area (Å²) in [5, 5.41) is 7.99. The van der Waals surface area contributed by atoms with Gasteiger partial charge in [-0.25, -0.2) is 4.98 Å². The highest BCUT2D eigenvalue weighted by molar-refractivity contribution is 6.06. The van der Waals surface area contributed by atoms with Gasteiger partial charge in [-0.2, -0.15) is 0 Å². The molecule has 148 valence electrons. The second kappa shape index (κ2) is 8.22. The molecule has 0 unspecified atom stereocenters. The number of rotatable bonds is 5. The van der Waals surface area contributed by atoms with E-state index in [1.807, 2.05) is 60.7 Å². The van der Waals surface area contributed by atoms with Gasteiger partial charge in [0, 0.05) is 13.1 Å². The maximum absolute atomic E-state index is 7.99. The molecule has 1 aliphatic heterocycles. The number of amidine groups is 1. The Kier molecular flexibility index (Phi) is 5.33. The van der Waals surface area contributed by atoms with E-state index in [0.29, 0.717) is 11.4 Å². The van der Waals surface area contributed by atoms with Crippen molar-refractivity contribution in [3.63, 3.8) is 0 Å². The lowest BCUT2D eigenvalue weighted by Gasteiger charge is -2.29. The molecule has 6 heteroatoms. The molecule has 2 aromatic carbocycles. The van der Waals surface area contributed by atoms with Gasteiger partial charge in [-0.3, -0.25) is 5.41 Å². The maximum Gasteiger partial charge on any atom is 0.137 e. The van der Waals surface area contributed by atoms with Crippen molar-refractivity contribution in [2.45, 2.75) is 19.3 Å². The second-order valence-corrected chi connectivity index (χ2v) is 7.19. The van der Waals surface area contributed by atoms with Crippen LogP contribution in [-0.2, 0) is 0 Å². The number of nitrogen functional groups attached to an aromatic ring is 2. The summed E-state index contributed by atoms with van der Waals surface area (Å²) in [5.74, 6) is 2.57. The Morgan fingerprint density at radius 1 is 0.931 bits per heavy atom. The van der Waals surface area contributed by atoms with Gasteiger partial charge in [0.1, 0.15) is 29.0 Å². The van der Waals surface area contributed by atoms with Gasteiger partial charge in [-0.05, 0) is 60.7 Å². The minimum Gasteiger partial charge on any atom is -0.457 e. The lowest BCUT2D eigenvalue weighted by atomic mass is 9.99. The Morgan fingerprint density at radius 3 is 2.24 bits per heavy atom. The van der Waals surface area contributed by atoms with Gasteiger partial charge in [0.25, 0.3) is 0 Å². The third kappa shape index (κ3) is 4.16. The van der Waals surface area contributed by atoms with Crippen LogP contribution in [0.15, 0.2) is 60.7 Å². The minimum atomic E-state index is -0.0835. The summed E-state index contributed by atoms with van der Waals surface area (Å²) in [4.78, 5) is 6.79. The second-order valence-electron chi connectivity index (χ2n) is 7.19. The molecule has 1 aliphatic rings. The van der Waals surface area contributed by atoms with Crippen molar-refractivity contribution in [2.75, 3.05) is 23.7 Å². The molecule has 29 heavy (non-hydrogen) atoms. The zero-order valence-electron chi connectivity index (χ0n) is 16.3. The van der Waals surface area contributed by atoms with Gasteiger partial charge < -0.3 is 21.1 Å². The highest BCUT2D eigenvalue weighted by Gasteiger charge is 2.19. The first-order chi connectivity index (χ1) is 14.1. The van der Waals surface area contributed by atoms with Crippen molar-refractivity contribution >= 4 is 17.5 Å². The first-order valence-electron chi connectivity index (χ1n) is 9.85. The molecule has 0 radical (unpaired) electrons. The predicted molar refractivity (Wildman–Crippen MR) is 118 cm³/mol. The third-order valence-corrected chi connectivity index (χ3v) is 5.13. The Hall–Kier alpha value is -3.54. The number of hydrogen-bond acceptors (Lipinski definition) is 5. The smallest absolute Gasteiger partial charge is 0.137 e. The number of aromatic nitrogens is 1. The van der Waals surface area contributed by atoms with E-state index < -0.39 is 0 Å². The predicted octanol–water partition coefficient (Wildman–Crippen LogP) is 4.40. The van der Waals surface area contributed by atoms with Crippen molar-refractivity contribution in [3.8, 4) is 22.6 Å². The number of pyridine rings is 1. The quantitative estimate of drug-likeness (QED) is 0.445. The van der Waals surface area contributed by atoms with E-state index >= 15 is 0 Å². The Balaban J connectivity index is 1.68. The number of nitrogens with zero attached hydrogens (tertiary/aromatic N) is 2. The molecule has 1 saturated heterocycles. The topological polar surface area (TPSA) is 101 Å². The van der Waals surface area contributed by atoms with Gasteiger partial charge in [-0.1, -0.05) is 30.3 Å². The van der Waals surface area contributed by atoms with Crippen LogP contribution in [0.25, 0.3) is 11.1 Å². The van der Waals surface area contributed by atoms with E-state index in [0.717, 1.165) is 54.4 Å². The number of anilines is 2. The summed E-state index contributed by atoms with van der Waals surface area (Å²) in [6, 6.07) is 19.4. The number of hydrogen-bond donors (Lipinski definition) is 3. The minimum absolute atomic E-state index is 0.0835. The van der Waals surface area contributed by atoms with Crippen LogP contribution in [0.3, 0.4) is 0 Å². The van der Waals surface area contributed by atoms with Gasteiger partial charge in [0.05, 0.1) is 5.56 Å². The van der Waals surface area contributed by atoms with Crippen LogP contribution in [0.2, 0.25) is 0 Å².